The van der Waals surface area contributed by atoms with Crippen molar-refractivity contribution in [1.82, 2.24) is 0 Å². The van der Waals surface area contributed by atoms with E-state index < -0.39 is 60.9 Å². The highest BCUT2D eigenvalue weighted by Gasteiger charge is 2.53. The van der Waals surface area contributed by atoms with Gasteiger partial charge in [0.05, 0.1) is 0 Å². The normalized spacial score (nSPS) is 26.8. The molecular weight excluding hydrogens is 404 g/mol. The van der Waals surface area contributed by atoms with Crippen molar-refractivity contribution in [2.75, 3.05) is 13.2 Å². The summed E-state index contributed by atoms with van der Waals surface area (Å²) in [5.41, 5.74) is 0. The van der Waals surface area contributed by atoms with E-state index in [4.69, 9.17) is 33.2 Å². The van der Waals surface area contributed by atoms with E-state index in [1.807, 2.05) is 0 Å². The summed E-state index contributed by atoms with van der Waals surface area (Å²) < 4.78 is 37.6. The lowest BCUT2D eigenvalue weighted by Crippen LogP contribution is -2.63. The van der Waals surface area contributed by atoms with Crippen molar-refractivity contribution in [3.63, 3.8) is 0 Å². The topological polar surface area (TPSA) is 133 Å². The Hall–Kier alpha value is -2.50. The van der Waals surface area contributed by atoms with E-state index in [2.05, 4.69) is 6.58 Å². The number of hydrogen-bond donors (Lipinski definition) is 0. The van der Waals surface area contributed by atoms with E-state index in [1.54, 1.807) is 6.92 Å². The monoisotopic (exact) mass is 432 g/mol. The van der Waals surface area contributed by atoms with Gasteiger partial charge in [-0.3, -0.25) is 19.2 Å². The van der Waals surface area contributed by atoms with E-state index >= 15 is 0 Å². The zero-order chi connectivity index (χ0) is 22.8. The minimum atomic E-state index is -1.32. The zero-order valence-electron chi connectivity index (χ0n) is 17.7. The maximum absolute atomic E-state index is 11.7. The highest BCUT2D eigenvalue weighted by Crippen LogP contribution is 2.30. The van der Waals surface area contributed by atoms with Crippen molar-refractivity contribution >= 4 is 23.9 Å². The van der Waals surface area contributed by atoms with Gasteiger partial charge in [0, 0.05) is 34.3 Å². The average molecular weight is 432 g/mol. The number of esters is 4. The molecule has 0 N–H and O–H groups in total. The molecule has 6 atom stereocenters. The first-order valence-corrected chi connectivity index (χ1v) is 9.29. The lowest BCUT2D eigenvalue weighted by atomic mass is 9.98. The minimum Gasteiger partial charge on any atom is -0.463 e. The standard InChI is InChI=1S/C19H28O11/c1-7-15(24-8-2)30-19-18(28-13(6)23)17(27-12(5)22)16(26-11(4)21)14(29-19)9-25-10(3)20/h7,14-19H,1,8-9H2,2-6H3/t14-,15-,16-,17+,18-,19+/m1/s1. The predicted molar refractivity (Wildman–Crippen MR) is 98.7 cm³/mol. The maximum atomic E-state index is 11.7. The first-order chi connectivity index (χ1) is 14.1. The van der Waals surface area contributed by atoms with Crippen molar-refractivity contribution < 1.29 is 52.3 Å². The summed E-state index contributed by atoms with van der Waals surface area (Å²) in [4.78, 5) is 46.3. The van der Waals surface area contributed by atoms with Crippen LogP contribution >= 0.6 is 0 Å². The average Bonchev–Trinajstić information content (AvgIpc) is 2.63. The van der Waals surface area contributed by atoms with Gasteiger partial charge in [0.1, 0.15) is 12.7 Å². The maximum Gasteiger partial charge on any atom is 0.303 e. The number of rotatable bonds is 10. The van der Waals surface area contributed by atoms with Crippen LogP contribution in [0, 0.1) is 0 Å². The third kappa shape index (κ3) is 8.09. The van der Waals surface area contributed by atoms with Crippen LogP contribution < -0.4 is 0 Å². The van der Waals surface area contributed by atoms with Crippen molar-refractivity contribution in [1.29, 1.82) is 0 Å². The third-order valence-electron chi connectivity index (χ3n) is 3.74. The van der Waals surface area contributed by atoms with Crippen LogP contribution in [0.2, 0.25) is 0 Å². The molecule has 1 saturated heterocycles. The Balaban J connectivity index is 3.33. The number of carbonyl (C=O) groups excluding carboxylic acids is 4. The van der Waals surface area contributed by atoms with Crippen LogP contribution in [0.15, 0.2) is 12.7 Å². The molecule has 0 aromatic rings. The van der Waals surface area contributed by atoms with Gasteiger partial charge in [-0.25, -0.2) is 0 Å². The Labute approximate surface area is 174 Å². The molecule has 0 bridgehead atoms. The SMILES string of the molecule is C=C[C@H](OCC)O[C@@H]1O[C@H](COC(C)=O)[C@@H](OC(C)=O)[C@H](OC(C)=O)[C@H]1OC(C)=O. The molecule has 170 valence electrons. The molecule has 1 heterocycles. The largest absolute Gasteiger partial charge is 0.463 e. The summed E-state index contributed by atoms with van der Waals surface area (Å²) in [6.07, 6.45) is -5.88. The molecule has 0 spiro atoms. The fraction of sp³-hybridized carbons (Fsp3) is 0.684. The summed E-state index contributed by atoms with van der Waals surface area (Å²) in [7, 11) is 0. The Morgan fingerprint density at radius 3 is 1.90 bits per heavy atom. The van der Waals surface area contributed by atoms with E-state index in [0.717, 1.165) is 20.8 Å². The summed E-state index contributed by atoms with van der Waals surface area (Å²) in [6, 6.07) is 0. The molecule has 1 aliphatic rings. The molecule has 0 aromatic carbocycles. The summed E-state index contributed by atoms with van der Waals surface area (Å²) in [5, 5.41) is 0. The highest BCUT2D eigenvalue weighted by molar-refractivity contribution is 5.68. The van der Waals surface area contributed by atoms with Crippen LogP contribution in [-0.2, 0) is 52.3 Å². The Morgan fingerprint density at radius 1 is 0.900 bits per heavy atom. The summed E-state index contributed by atoms with van der Waals surface area (Å²) in [5.74, 6) is -2.78. The number of ether oxygens (including phenoxy) is 7. The quantitative estimate of drug-likeness (QED) is 0.208. The smallest absolute Gasteiger partial charge is 0.303 e. The van der Waals surface area contributed by atoms with Gasteiger partial charge in [-0.15, -0.1) is 0 Å². The van der Waals surface area contributed by atoms with Crippen LogP contribution in [0.5, 0.6) is 0 Å². The highest BCUT2D eigenvalue weighted by atomic mass is 16.8. The molecular formula is C19H28O11. The first-order valence-electron chi connectivity index (χ1n) is 9.29. The third-order valence-corrected chi connectivity index (χ3v) is 3.74. The Bertz CT molecular complexity index is 632. The van der Waals surface area contributed by atoms with Crippen LogP contribution in [-0.4, -0.2) is 74.1 Å². The minimum absolute atomic E-state index is 0.280. The Kier molecular flexibility index (Phi) is 10.4. The van der Waals surface area contributed by atoms with Gasteiger partial charge >= 0.3 is 23.9 Å². The second-order valence-electron chi connectivity index (χ2n) is 6.26. The van der Waals surface area contributed by atoms with Crippen LogP contribution in [0.4, 0.5) is 0 Å². The van der Waals surface area contributed by atoms with Crippen molar-refractivity contribution in [3.8, 4) is 0 Å². The predicted octanol–water partition coefficient (Wildman–Crippen LogP) is 0.635. The summed E-state index contributed by atoms with van der Waals surface area (Å²) >= 11 is 0. The molecule has 0 aliphatic carbocycles. The van der Waals surface area contributed by atoms with E-state index in [-0.39, 0.29) is 13.2 Å². The lowest BCUT2D eigenvalue weighted by Gasteiger charge is -2.44. The van der Waals surface area contributed by atoms with E-state index in [0.29, 0.717) is 0 Å². The molecule has 0 radical (unpaired) electrons. The molecule has 1 rings (SSSR count). The molecule has 11 nitrogen and oxygen atoms in total. The first kappa shape index (κ1) is 25.5. The van der Waals surface area contributed by atoms with E-state index in [1.165, 1.54) is 13.0 Å². The fourth-order valence-electron chi connectivity index (χ4n) is 2.76. The number of hydrogen-bond acceptors (Lipinski definition) is 11. The molecule has 0 unspecified atom stereocenters. The summed E-state index contributed by atoms with van der Waals surface area (Å²) in [6.45, 7) is 9.86. The molecule has 0 saturated carbocycles. The zero-order valence-corrected chi connectivity index (χ0v) is 17.7. The van der Waals surface area contributed by atoms with Gasteiger partial charge in [0.2, 0.25) is 6.29 Å². The van der Waals surface area contributed by atoms with Gasteiger partial charge in [-0.1, -0.05) is 6.58 Å². The van der Waals surface area contributed by atoms with Crippen LogP contribution in [0.25, 0.3) is 0 Å². The van der Waals surface area contributed by atoms with Crippen LogP contribution in [0.1, 0.15) is 34.6 Å². The molecule has 1 fully saturated rings. The van der Waals surface area contributed by atoms with Gasteiger partial charge in [-0.05, 0) is 13.0 Å². The molecule has 0 amide bonds. The fourth-order valence-corrected chi connectivity index (χ4v) is 2.76. The van der Waals surface area contributed by atoms with Crippen molar-refractivity contribution in [2.45, 2.75) is 71.6 Å². The second-order valence-corrected chi connectivity index (χ2v) is 6.26. The molecule has 11 heteroatoms. The van der Waals surface area contributed by atoms with Gasteiger partial charge in [-0.2, -0.15) is 0 Å². The lowest BCUT2D eigenvalue weighted by molar-refractivity contribution is -0.332. The number of carbonyl (C=O) groups is 4. The molecule has 1 aliphatic heterocycles. The van der Waals surface area contributed by atoms with Crippen molar-refractivity contribution in [3.05, 3.63) is 12.7 Å². The second kappa shape index (κ2) is 12.3. The van der Waals surface area contributed by atoms with Gasteiger partial charge in [0.15, 0.2) is 24.6 Å². The van der Waals surface area contributed by atoms with Gasteiger partial charge in [0.25, 0.3) is 0 Å². The van der Waals surface area contributed by atoms with Crippen molar-refractivity contribution in [2.24, 2.45) is 0 Å². The van der Waals surface area contributed by atoms with Gasteiger partial charge < -0.3 is 33.2 Å². The molecule has 30 heavy (non-hydrogen) atoms. The van der Waals surface area contributed by atoms with Crippen LogP contribution in [0.3, 0.4) is 0 Å². The van der Waals surface area contributed by atoms with E-state index in [9.17, 15) is 19.2 Å². The Morgan fingerprint density at radius 2 is 1.43 bits per heavy atom. The molecule has 0 aromatic heterocycles.